The van der Waals surface area contributed by atoms with E-state index < -0.39 is 0 Å². The van der Waals surface area contributed by atoms with Gasteiger partial charge >= 0.3 is 0 Å². The van der Waals surface area contributed by atoms with Gasteiger partial charge in [0.05, 0.1) is 5.02 Å². The Bertz CT molecular complexity index is 378. The van der Waals surface area contributed by atoms with Crippen molar-refractivity contribution in [2.45, 2.75) is 18.9 Å². The van der Waals surface area contributed by atoms with Gasteiger partial charge in [-0.2, -0.15) is 0 Å². The van der Waals surface area contributed by atoms with E-state index in [1.807, 2.05) is 6.07 Å². The van der Waals surface area contributed by atoms with Crippen LogP contribution in [-0.2, 0) is 6.42 Å². The van der Waals surface area contributed by atoms with E-state index in [0.717, 1.165) is 31.6 Å². The van der Waals surface area contributed by atoms with Crippen molar-refractivity contribution in [2.75, 3.05) is 26.7 Å². The minimum absolute atomic E-state index is 0.215. The van der Waals surface area contributed by atoms with E-state index in [9.17, 15) is 4.39 Å². The molecule has 0 aromatic heterocycles. The first-order valence-corrected chi connectivity index (χ1v) is 6.39. The number of likely N-dealkylation sites (N-methyl/N-ethyl adjacent to an activating group) is 1. The lowest BCUT2D eigenvalue weighted by Crippen LogP contribution is -2.34. The Kier molecular flexibility index (Phi) is 4.37. The van der Waals surface area contributed by atoms with Gasteiger partial charge in [-0.1, -0.05) is 17.7 Å². The van der Waals surface area contributed by atoms with Gasteiger partial charge in [0.1, 0.15) is 5.82 Å². The van der Waals surface area contributed by atoms with Gasteiger partial charge in [-0.15, -0.1) is 0 Å². The highest BCUT2D eigenvalue weighted by molar-refractivity contribution is 6.30. The lowest BCUT2D eigenvalue weighted by Gasteiger charge is -2.23. The number of hydrogen-bond donors (Lipinski definition) is 1. The van der Waals surface area contributed by atoms with Crippen LogP contribution in [0.5, 0.6) is 0 Å². The molecule has 0 saturated carbocycles. The zero-order valence-electron chi connectivity index (χ0n) is 10.0. The molecule has 1 fully saturated rings. The lowest BCUT2D eigenvalue weighted by atomic mass is 10.1. The van der Waals surface area contributed by atoms with E-state index in [1.165, 1.54) is 12.5 Å². The molecule has 1 atom stereocenters. The smallest absolute Gasteiger partial charge is 0.141 e. The number of nitrogens with zero attached hydrogens (tertiary/aromatic N) is 1. The van der Waals surface area contributed by atoms with Crippen LogP contribution in [0.15, 0.2) is 18.2 Å². The topological polar surface area (TPSA) is 15.3 Å². The van der Waals surface area contributed by atoms with E-state index in [1.54, 1.807) is 6.07 Å². The van der Waals surface area contributed by atoms with Gasteiger partial charge < -0.3 is 10.2 Å². The second-order valence-electron chi connectivity index (χ2n) is 4.63. The van der Waals surface area contributed by atoms with Gasteiger partial charge in [0.15, 0.2) is 0 Å². The van der Waals surface area contributed by atoms with Crippen LogP contribution in [0.4, 0.5) is 4.39 Å². The first-order chi connectivity index (χ1) is 8.16. The van der Waals surface area contributed by atoms with Gasteiger partial charge in [0.2, 0.25) is 0 Å². The van der Waals surface area contributed by atoms with Crippen molar-refractivity contribution >= 4 is 11.6 Å². The van der Waals surface area contributed by atoms with Gasteiger partial charge in [-0.25, -0.2) is 4.39 Å². The van der Waals surface area contributed by atoms with Crippen LogP contribution in [0.3, 0.4) is 0 Å². The van der Waals surface area contributed by atoms with Crippen molar-refractivity contribution in [1.29, 1.82) is 0 Å². The third kappa shape index (κ3) is 3.41. The molecule has 1 N–H and O–H groups in total. The highest BCUT2D eigenvalue weighted by Crippen LogP contribution is 2.17. The fourth-order valence-corrected chi connectivity index (χ4v) is 2.40. The Morgan fingerprint density at radius 1 is 1.53 bits per heavy atom. The number of halogens is 2. The Hall–Kier alpha value is -0.640. The lowest BCUT2D eigenvalue weighted by molar-refractivity contribution is 0.260. The molecule has 2 rings (SSSR count). The highest BCUT2D eigenvalue weighted by Gasteiger charge is 2.18. The standard InChI is InChI=1S/C13H18ClFN2/c1-17(11-4-6-16-9-11)7-5-10-2-3-13(15)12(14)8-10/h2-3,8,11,16H,4-7,9H2,1H3. The third-order valence-electron chi connectivity index (χ3n) is 3.39. The van der Waals surface area contributed by atoms with Gasteiger partial charge in [0.25, 0.3) is 0 Å². The van der Waals surface area contributed by atoms with Crippen molar-refractivity contribution < 1.29 is 4.39 Å². The maximum Gasteiger partial charge on any atom is 0.141 e. The van der Waals surface area contributed by atoms with Crippen LogP contribution in [0.25, 0.3) is 0 Å². The second kappa shape index (κ2) is 5.80. The zero-order chi connectivity index (χ0) is 12.3. The summed E-state index contributed by atoms with van der Waals surface area (Å²) in [7, 11) is 2.14. The molecule has 4 heteroatoms. The largest absolute Gasteiger partial charge is 0.315 e. The van der Waals surface area contributed by atoms with Crippen molar-refractivity contribution in [1.82, 2.24) is 10.2 Å². The Morgan fingerprint density at radius 2 is 2.35 bits per heavy atom. The van der Waals surface area contributed by atoms with Gasteiger partial charge in [-0.05, 0) is 44.1 Å². The Morgan fingerprint density at radius 3 is 3.00 bits per heavy atom. The average molecular weight is 257 g/mol. The Labute approximate surface area is 107 Å². The van der Waals surface area contributed by atoms with Gasteiger partial charge in [-0.3, -0.25) is 0 Å². The third-order valence-corrected chi connectivity index (χ3v) is 3.68. The number of rotatable bonds is 4. The number of benzene rings is 1. The summed E-state index contributed by atoms with van der Waals surface area (Å²) in [6, 6.07) is 5.60. The molecular formula is C13H18ClFN2. The SMILES string of the molecule is CN(CCc1ccc(F)c(Cl)c1)C1CCNC1. The summed E-state index contributed by atoms with van der Waals surface area (Å²) in [5, 5.41) is 3.57. The summed E-state index contributed by atoms with van der Waals surface area (Å²) in [4.78, 5) is 2.36. The molecule has 0 amide bonds. The minimum atomic E-state index is -0.344. The monoisotopic (exact) mass is 256 g/mol. The zero-order valence-corrected chi connectivity index (χ0v) is 10.8. The second-order valence-corrected chi connectivity index (χ2v) is 5.03. The molecule has 1 aromatic carbocycles. The van der Waals surface area contributed by atoms with Crippen LogP contribution in [0.2, 0.25) is 5.02 Å². The molecule has 1 aliphatic rings. The van der Waals surface area contributed by atoms with Crippen molar-refractivity contribution in [3.8, 4) is 0 Å². The van der Waals surface area contributed by atoms with E-state index in [0.29, 0.717) is 6.04 Å². The molecular weight excluding hydrogens is 239 g/mol. The summed E-state index contributed by atoms with van der Waals surface area (Å²) in [5.74, 6) is -0.344. The molecule has 1 aliphatic heterocycles. The van der Waals surface area contributed by atoms with Crippen LogP contribution in [0, 0.1) is 5.82 Å². The quantitative estimate of drug-likeness (QED) is 0.890. The first kappa shape index (κ1) is 12.8. The predicted octanol–water partition coefficient (Wildman–Crippen LogP) is 2.32. The van der Waals surface area contributed by atoms with Crippen LogP contribution >= 0.6 is 11.6 Å². The molecule has 94 valence electrons. The van der Waals surface area contributed by atoms with Crippen LogP contribution in [0.1, 0.15) is 12.0 Å². The average Bonchev–Trinajstić information content (AvgIpc) is 2.84. The Balaban J connectivity index is 1.86. The fraction of sp³-hybridized carbons (Fsp3) is 0.538. The summed E-state index contributed by atoms with van der Waals surface area (Å²) in [6.45, 7) is 3.16. The summed E-state index contributed by atoms with van der Waals surface area (Å²) >= 11 is 5.76. The molecule has 17 heavy (non-hydrogen) atoms. The normalized spacial score (nSPS) is 20.1. The fourth-order valence-electron chi connectivity index (χ4n) is 2.20. The van der Waals surface area contributed by atoms with Crippen LogP contribution in [-0.4, -0.2) is 37.6 Å². The van der Waals surface area contributed by atoms with Crippen LogP contribution < -0.4 is 5.32 Å². The molecule has 0 aliphatic carbocycles. The molecule has 1 saturated heterocycles. The van der Waals surface area contributed by atoms with Crippen molar-refractivity contribution in [3.63, 3.8) is 0 Å². The number of hydrogen-bond acceptors (Lipinski definition) is 2. The summed E-state index contributed by atoms with van der Waals surface area (Å²) in [6.07, 6.45) is 2.12. The van der Waals surface area contributed by atoms with E-state index in [4.69, 9.17) is 11.6 Å². The highest BCUT2D eigenvalue weighted by atomic mass is 35.5. The molecule has 1 unspecified atom stereocenters. The molecule has 0 radical (unpaired) electrons. The number of nitrogens with one attached hydrogen (secondary N) is 1. The van der Waals surface area contributed by atoms with Gasteiger partial charge in [0, 0.05) is 19.1 Å². The molecule has 2 nitrogen and oxygen atoms in total. The summed E-state index contributed by atoms with van der Waals surface area (Å²) in [5.41, 5.74) is 1.09. The van der Waals surface area contributed by atoms with Crippen molar-refractivity contribution in [2.24, 2.45) is 0 Å². The maximum absolute atomic E-state index is 13.0. The predicted molar refractivity (Wildman–Crippen MR) is 69.0 cm³/mol. The molecule has 1 heterocycles. The minimum Gasteiger partial charge on any atom is -0.315 e. The maximum atomic E-state index is 13.0. The molecule has 1 aromatic rings. The first-order valence-electron chi connectivity index (χ1n) is 6.01. The van der Waals surface area contributed by atoms with Crippen molar-refractivity contribution in [3.05, 3.63) is 34.6 Å². The molecule has 0 spiro atoms. The van der Waals surface area contributed by atoms with E-state index in [-0.39, 0.29) is 10.8 Å². The van der Waals surface area contributed by atoms with E-state index in [2.05, 4.69) is 17.3 Å². The molecule has 0 bridgehead atoms. The van der Waals surface area contributed by atoms with E-state index >= 15 is 0 Å². The summed E-state index contributed by atoms with van der Waals surface area (Å²) < 4.78 is 13.0.